The van der Waals surface area contributed by atoms with Crippen LogP contribution in [0.3, 0.4) is 0 Å². The molecule has 0 radical (unpaired) electrons. The van der Waals surface area contributed by atoms with E-state index in [1.807, 2.05) is 0 Å². The molecule has 0 saturated heterocycles. The monoisotopic (exact) mass is 452 g/mol. The summed E-state index contributed by atoms with van der Waals surface area (Å²) < 4.78 is 120. The first-order valence-electron chi connectivity index (χ1n) is 8.03. The van der Waals surface area contributed by atoms with Gasteiger partial charge in [-0.2, -0.15) is 18.3 Å². The lowest BCUT2D eigenvalue weighted by Gasteiger charge is -2.12. The maximum absolute atomic E-state index is 14.6. The van der Waals surface area contributed by atoms with Gasteiger partial charge in [-0.3, -0.25) is 0 Å². The molecule has 0 unspecified atom stereocenters. The maximum Gasteiger partial charge on any atom is 0.435 e. The summed E-state index contributed by atoms with van der Waals surface area (Å²) in [6.45, 7) is 1.16. The number of hydrogen-bond acceptors (Lipinski definition) is 3. The van der Waals surface area contributed by atoms with Crippen LogP contribution in [-0.2, 0) is 16.0 Å². The topological polar surface area (TPSA) is 52.0 Å². The van der Waals surface area contributed by atoms with Crippen LogP contribution < -0.4 is 0 Å². The van der Waals surface area contributed by atoms with E-state index in [1.54, 1.807) is 0 Å². The molecule has 0 spiro atoms. The summed E-state index contributed by atoms with van der Waals surface area (Å²) in [4.78, 5) is -1.03. The van der Waals surface area contributed by atoms with Crippen LogP contribution in [-0.4, -0.2) is 24.5 Å². The molecule has 4 nitrogen and oxygen atoms in total. The van der Waals surface area contributed by atoms with E-state index in [0.717, 1.165) is 13.0 Å². The lowest BCUT2D eigenvalue weighted by atomic mass is 10.1. The summed E-state index contributed by atoms with van der Waals surface area (Å²) in [6.07, 6.45) is -4.43. The number of aryl methyl sites for hydroxylation is 1. The van der Waals surface area contributed by atoms with Crippen molar-refractivity contribution in [2.45, 2.75) is 18.0 Å². The maximum atomic E-state index is 14.6. The van der Waals surface area contributed by atoms with E-state index in [-0.39, 0.29) is 16.3 Å². The van der Waals surface area contributed by atoms with Gasteiger partial charge in [0, 0.05) is 17.9 Å². The van der Waals surface area contributed by atoms with Crippen LogP contribution in [0.1, 0.15) is 11.3 Å². The Morgan fingerprint density at radius 3 is 2.13 bits per heavy atom. The molecule has 12 heteroatoms. The number of benzene rings is 2. The number of alkyl halides is 3. The van der Waals surface area contributed by atoms with Gasteiger partial charge in [0.15, 0.2) is 15.5 Å². The second-order valence-corrected chi connectivity index (χ2v) is 8.40. The van der Waals surface area contributed by atoms with Gasteiger partial charge in [0.2, 0.25) is 0 Å². The Labute approximate surface area is 165 Å². The Kier molecular flexibility index (Phi) is 5.17. The zero-order valence-corrected chi connectivity index (χ0v) is 16.0. The van der Waals surface area contributed by atoms with Crippen LogP contribution in [0.15, 0.2) is 35.2 Å². The summed E-state index contributed by atoms with van der Waals surface area (Å²) in [5, 5.41) is 3.17. The highest BCUT2D eigenvalue weighted by Crippen LogP contribution is 2.36. The third kappa shape index (κ3) is 3.91. The Morgan fingerprint density at radius 1 is 0.933 bits per heavy atom. The van der Waals surface area contributed by atoms with Crippen LogP contribution in [0.25, 0.3) is 16.9 Å². The normalized spacial score (nSPS) is 12.4. The Bertz CT molecular complexity index is 1260. The average molecular weight is 452 g/mol. The number of nitrogens with zero attached hydrogens (tertiary/aromatic N) is 2. The standard InChI is InChI=1S/C18H11F7N2O2S/c1-8-3-9(19)4-10(17(8)22)13-7-16(18(23,24)25)26-27(13)14-5-12(21)15(6-11(14)20)30(2,28)29/h3-7H,1-2H3. The Morgan fingerprint density at radius 2 is 1.57 bits per heavy atom. The molecule has 1 aromatic heterocycles. The van der Waals surface area contributed by atoms with Gasteiger partial charge in [-0.15, -0.1) is 0 Å². The van der Waals surface area contributed by atoms with Crippen molar-refractivity contribution in [3.05, 3.63) is 64.9 Å². The molecule has 3 rings (SSSR count). The van der Waals surface area contributed by atoms with Crippen LogP contribution in [0, 0.1) is 30.2 Å². The van der Waals surface area contributed by atoms with E-state index in [2.05, 4.69) is 5.10 Å². The number of sulfone groups is 1. The first-order valence-corrected chi connectivity index (χ1v) is 9.92. The quantitative estimate of drug-likeness (QED) is 0.536. The summed E-state index contributed by atoms with van der Waals surface area (Å²) in [7, 11) is -4.19. The van der Waals surface area contributed by atoms with Gasteiger partial charge in [-0.05, 0) is 36.8 Å². The SMILES string of the molecule is Cc1cc(F)cc(-c2cc(C(F)(F)F)nn2-c2cc(F)c(S(C)(=O)=O)cc2F)c1F. The molecule has 0 bridgehead atoms. The highest BCUT2D eigenvalue weighted by atomic mass is 32.2. The van der Waals surface area contributed by atoms with Crippen LogP contribution in [0.5, 0.6) is 0 Å². The molecule has 0 aliphatic heterocycles. The second kappa shape index (κ2) is 7.11. The van der Waals surface area contributed by atoms with Crippen LogP contribution in [0.4, 0.5) is 30.7 Å². The number of halogens is 7. The summed E-state index contributed by atoms with van der Waals surface area (Å²) in [5.41, 5.74) is -4.14. The number of hydrogen-bond donors (Lipinski definition) is 0. The zero-order valence-electron chi connectivity index (χ0n) is 15.2. The number of rotatable bonds is 3. The van der Waals surface area contributed by atoms with Crippen LogP contribution in [0.2, 0.25) is 0 Å². The van der Waals surface area contributed by atoms with Gasteiger partial charge in [0.05, 0.1) is 5.69 Å². The van der Waals surface area contributed by atoms with Crippen molar-refractivity contribution >= 4 is 9.84 Å². The predicted molar refractivity (Wildman–Crippen MR) is 91.7 cm³/mol. The second-order valence-electron chi connectivity index (χ2n) is 6.41. The fraction of sp³-hybridized carbons (Fsp3) is 0.167. The highest BCUT2D eigenvalue weighted by molar-refractivity contribution is 7.90. The molecule has 160 valence electrons. The molecule has 0 amide bonds. The molecule has 0 atom stereocenters. The van der Waals surface area contributed by atoms with Crippen LogP contribution >= 0.6 is 0 Å². The van der Waals surface area contributed by atoms with Gasteiger partial charge in [0.25, 0.3) is 0 Å². The molecular weight excluding hydrogens is 441 g/mol. The Hall–Kier alpha value is -2.89. The van der Waals surface area contributed by atoms with E-state index in [9.17, 15) is 39.2 Å². The van der Waals surface area contributed by atoms with E-state index in [4.69, 9.17) is 0 Å². The molecule has 0 fully saturated rings. The van der Waals surface area contributed by atoms with Crippen molar-refractivity contribution in [2.24, 2.45) is 0 Å². The van der Waals surface area contributed by atoms with Gasteiger partial charge in [-0.1, -0.05) is 0 Å². The molecule has 2 aromatic carbocycles. The first kappa shape index (κ1) is 21.8. The molecule has 0 aliphatic rings. The van der Waals surface area contributed by atoms with Crippen molar-refractivity contribution in [2.75, 3.05) is 6.26 Å². The van der Waals surface area contributed by atoms with Crippen molar-refractivity contribution in [3.63, 3.8) is 0 Å². The molecule has 0 N–H and O–H groups in total. The first-order chi connectivity index (χ1) is 13.7. The minimum atomic E-state index is -5.04. The predicted octanol–water partition coefficient (Wildman–Crippen LogP) is 4.83. The summed E-state index contributed by atoms with van der Waals surface area (Å²) in [6, 6.07) is 2.30. The van der Waals surface area contributed by atoms with Crippen molar-refractivity contribution < 1.29 is 39.2 Å². The Balaban J connectivity index is 2.37. The van der Waals surface area contributed by atoms with Gasteiger partial charge in [-0.25, -0.2) is 30.7 Å². The lowest BCUT2D eigenvalue weighted by molar-refractivity contribution is -0.141. The molecule has 0 saturated carbocycles. The third-order valence-corrected chi connectivity index (χ3v) is 5.24. The molecule has 30 heavy (non-hydrogen) atoms. The van der Waals surface area contributed by atoms with Crippen molar-refractivity contribution in [3.8, 4) is 16.9 Å². The fourth-order valence-corrected chi connectivity index (χ4v) is 3.50. The summed E-state index contributed by atoms with van der Waals surface area (Å²) in [5.74, 6) is -4.98. The highest BCUT2D eigenvalue weighted by Gasteiger charge is 2.36. The van der Waals surface area contributed by atoms with E-state index >= 15 is 0 Å². The largest absolute Gasteiger partial charge is 0.435 e. The van der Waals surface area contributed by atoms with Crippen molar-refractivity contribution in [1.82, 2.24) is 9.78 Å². The lowest BCUT2D eigenvalue weighted by Crippen LogP contribution is -2.10. The van der Waals surface area contributed by atoms with Crippen molar-refractivity contribution in [1.29, 1.82) is 0 Å². The van der Waals surface area contributed by atoms with Gasteiger partial charge >= 0.3 is 6.18 Å². The van der Waals surface area contributed by atoms with E-state index in [1.165, 1.54) is 0 Å². The average Bonchev–Trinajstić information content (AvgIpc) is 3.04. The minimum Gasteiger partial charge on any atom is -0.229 e. The molecular formula is C18H11F7N2O2S. The molecule has 0 aliphatic carbocycles. The molecule has 1 heterocycles. The third-order valence-electron chi connectivity index (χ3n) is 4.12. The number of aromatic nitrogens is 2. The minimum absolute atomic E-state index is 0.241. The van der Waals surface area contributed by atoms with Gasteiger partial charge in [0.1, 0.15) is 33.9 Å². The van der Waals surface area contributed by atoms with Gasteiger partial charge < -0.3 is 0 Å². The van der Waals surface area contributed by atoms with E-state index in [0.29, 0.717) is 24.5 Å². The zero-order chi connectivity index (χ0) is 22.6. The summed E-state index contributed by atoms with van der Waals surface area (Å²) >= 11 is 0. The molecule has 3 aromatic rings. The van der Waals surface area contributed by atoms with E-state index < -0.39 is 66.8 Å². The fourth-order valence-electron chi connectivity index (χ4n) is 2.77. The smallest absolute Gasteiger partial charge is 0.229 e.